The van der Waals surface area contributed by atoms with Crippen molar-refractivity contribution in [3.63, 3.8) is 0 Å². The quantitative estimate of drug-likeness (QED) is 0.765. The number of nitrogens with one attached hydrogen (secondary N) is 1. The molecule has 0 saturated heterocycles. The van der Waals surface area contributed by atoms with E-state index in [0.717, 1.165) is 19.6 Å². The van der Waals surface area contributed by atoms with Crippen LogP contribution in [0.4, 0.5) is 0 Å². The second kappa shape index (κ2) is 7.30. The lowest BCUT2D eigenvalue weighted by molar-refractivity contribution is 0.124. The lowest BCUT2D eigenvalue weighted by atomic mass is 10.1. The van der Waals surface area contributed by atoms with Crippen molar-refractivity contribution in [3.8, 4) is 5.75 Å². The van der Waals surface area contributed by atoms with Crippen molar-refractivity contribution in [2.45, 2.75) is 39.3 Å². The average molecular weight is 237 g/mol. The SMILES string of the molecule is CCOCC(C)NC(C)Cc1ccc(O)cc1. The zero-order valence-corrected chi connectivity index (χ0v) is 10.9. The van der Waals surface area contributed by atoms with Crippen molar-refractivity contribution in [1.82, 2.24) is 5.32 Å². The summed E-state index contributed by atoms with van der Waals surface area (Å²) in [5, 5.41) is 12.7. The van der Waals surface area contributed by atoms with Gasteiger partial charge in [-0.15, -0.1) is 0 Å². The third kappa shape index (κ3) is 5.71. The molecule has 2 unspecified atom stereocenters. The monoisotopic (exact) mass is 237 g/mol. The van der Waals surface area contributed by atoms with Crippen molar-refractivity contribution in [1.29, 1.82) is 0 Å². The molecular weight excluding hydrogens is 214 g/mol. The first-order valence-electron chi connectivity index (χ1n) is 6.23. The van der Waals surface area contributed by atoms with Gasteiger partial charge >= 0.3 is 0 Å². The van der Waals surface area contributed by atoms with Gasteiger partial charge in [-0.25, -0.2) is 0 Å². The molecule has 0 saturated carbocycles. The standard InChI is InChI=1S/C14H23NO2/c1-4-17-10-12(3)15-11(2)9-13-5-7-14(16)8-6-13/h5-8,11-12,15-16H,4,9-10H2,1-3H3. The van der Waals surface area contributed by atoms with Crippen molar-refractivity contribution in [2.24, 2.45) is 0 Å². The van der Waals surface area contributed by atoms with Crippen LogP contribution in [0.25, 0.3) is 0 Å². The number of hydrogen-bond acceptors (Lipinski definition) is 3. The van der Waals surface area contributed by atoms with Crippen molar-refractivity contribution < 1.29 is 9.84 Å². The fourth-order valence-corrected chi connectivity index (χ4v) is 1.87. The maximum Gasteiger partial charge on any atom is 0.115 e. The molecule has 1 aromatic carbocycles. The van der Waals surface area contributed by atoms with Gasteiger partial charge in [0.1, 0.15) is 5.75 Å². The van der Waals surface area contributed by atoms with Crippen molar-refractivity contribution in [3.05, 3.63) is 29.8 Å². The fraction of sp³-hybridized carbons (Fsp3) is 0.571. The van der Waals surface area contributed by atoms with E-state index in [1.165, 1.54) is 5.56 Å². The summed E-state index contributed by atoms with van der Waals surface area (Å²) in [6, 6.07) is 8.13. The van der Waals surface area contributed by atoms with Gasteiger partial charge in [0.25, 0.3) is 0 Å². The number of hydrogen-bond donors (Lipinski definition) is 2. The van der Waals surface area contributed by atoms with E-state index in [1.54, 1.807) is 12.1 Å². The lowest BCUT2D eigenvalue weighted by Crippen LogP contribution is -2.38. The minimum absolute atomic E-state index is 0.319. The Bertz CT molecular complexity index is 311. The summed E-state index contributed by atoms with van der Waals surface area (Å²) in [6.07, 6.45) is 0.955. The second-order valence-corrected chi connectivity index (χ2v) is 4.50. The predicted octanol–water partition coefficient (Wildman–Crippen LogP) is 2.34. The Morgan fingerprint density at radius 3 is 2.41 bits per heavy atom. The summed E-state index contributed by atoms with van der Waals surface area (Å²) in [6.45, 7) is 7.81. The Balaban J connectivity index is 2.33. The van der Waals surface area contributed by atoms with Crippen LogP contribution in [0.5, 0.6) is 5.75 Å². The minimum atomic E-state index is 0.319. The second-order valence-electron chi connectivity index (χ2n) is 4.50. The van der Waals surface area contributed by atoms with Gasteiger partial charge in [0.2, 0.25) is 0 Å². The summed E-state index contributed by atoms with van der Waals surface area (Å²) in [7, 11) is 0. The largest absolute Gasteiger partial charge is 0.508 e. The Morgan fingerprint density at radius 2 is 1.82 bits per heavy atom. The van der Waals surface area contributed by atoms with E-state index < -0.39 is 0 Å². The molecular formula is C14H23NO2. The van der Waals surface area contributed by atoms with Crippen LogP contribution in [0.15, 0.2) is 24.3 Å². The highest BCUT2D eigenvalue weighted by atomic mass is 16.5. The van der Waals surface area contributed by atoms with Crippen LogP contribution >= 0.6 is 0 Å². The Morgan fingerprint density at radius 1 is 1.18 bits per heavy atom. The minimum Gasteiger partial charge on any atom is -0.508 e. The van der Waals surface area contributed by atoms with Gasteiger partial charge in [0, 0.05) is 18.7 Å². The van der Waals surface area contributed by atoms with E-state index in [-0.39, 0.29) is 0 Å². The van der Waals surface area contributed by atoms with Gasteiger partial charge in [-0.3, -0.25) is 0 Å². The van der Waals surface area contributed by atoms with E-state index >= 15 is 0 Å². The summed E-state index contributed by atoms with van der Waals surface area (Å²) >= 11 is 0. The Labute approximate surface area is 104 Å². The molecule has 0 fully saturated rings. The van der Waals surface area contributed by atoms with E-state index in [9.17, 15) is 5.11 Å². The number of aromatic hydroxyl groups is 1. The molecule has 0 spiro atoms. The molecule has 0 amide bonds. The molecule has 3 nitrogen and oxygen atoms in total. The van der Waals surface area contributed by atoms with Gasteiger partial charge in [0.05, 0.1) is 6.61 Å². The van der Waals surface area contributed by atoms with Crippen LogP contribution in [0.3, 0.4) is 0 Å². The van der Waals surface area contributed by atoms with Crippen LogP contribution in [-0.2, 0) is 11.2 Å². The summed E-state index contributed by atoms with van der Waals surface area (Å²) in [4.78, 5) is 0. The predicted molar refractivity (Wildman–Crippen MR) is 70.4 cm³/mol. The zero-order chi connectivity index (χ0) is 12.7. The molecule has 0 radical (unpaired) electrons. The van der Waals surface area contributed by atoms with Crippen molar-refractivity contribution >= 4 is 0 Å². The average Bonchev–Trinajstić information content (AvgIpc) is 2.29. The first kappa shape index (κ1) is 14.0. The molecule has 96 valence electrons. The van der Waals surface area contributed by atoms with Crippen LogP contribution < -0.4 is 5.32 Å². The molecule has 17 heavy (non-hydrogen) atoms. The molecule has 1 rings (SSSR count). The van der Waals surface area contributed by atoms with Crippen molar-refractivity contribution in [2.75, 3.05) is 13.2 Å². The van der Waals surface area contributed by atoms with Gasteiger partial charge in [0.15, 0.2) is 0 Å². The molecule has 0 heterocycles. The molecule has 1 aromatic rings. The van der Waals surface area contributed by atoms with Crippen LogP contribution in [0, 0.1) is 0 Å². The summed E-state index contributed by atoms with van der Waals surface area (Å²) in [5.74, 6) is 0.319. The normalized spacial score (nSPS) is 14.5. The number of ether oxygens (including phenoxy) is 1. The highest BCUT2D eigenvalue weighted by Crippen LogP contribution is 2.11. The van der Waals surface area contributed by atoms with E-state index in [2.05, 4.69) is 19.2 Å². The number of phenols is 1. The van der Waals surface area contributed by atoms with Crippen LogP contribution in [0.2, 0.25) is 0 Å². The molecule has 0 aliphatic heterocycles. The molecule has 2 N–H and O–H groups in total. The fourth-order valence-electron chi connectivity index (χ4n) is 1.87. The van der Waals surface area contributed by atoms with Crippen LogP contribution in [0.1, 0.15) is 26.3 Å². The van der Waals surface area contributed by atoms with Gasteiger partial charge in [-0.1, -0.05) is 12.1 Å². The maximum atomic E-state index is 9.20. The van der Waals surface area contributed by atoms with Crippen LogP contribution in [-0.4, -0.2) is 30.4 Å². The highest BCUT2D eigenvalue weighted by molar-refractivity contribution is 5.26. The van der Waals surface area contributed by atoms with E-state index in [4.69, 9.17) is 4.74 Å². The molecule has 0 aromatic heterocycles. The number of benzene rings is 1. The molecule has 0 bridgehead atoms. The van der Waals surface area contributed by atoms with E-state index in [1.807, 2.05) is 19.1 Å². The summed E-state index contributed by atoms with van der Waals surface area (Å²) in [5.41, 5.74) is 1.23. The first-order chi connectivity index (χ1) is 8.11. The Kier molecular flexibility index (Phi) is 6.01. The lowest BCUT2D eigenvalue weighted by Gasteiger charge is -2.20. The van der Waals surface area contributed by atoms with Gasteiger partial charge in [-0.2, -0.15) is 0 Å². The topological polar surface area (TPSA) is 41.5 Å². The Hall–Kier alpha value is -1.06. The van der Waals surface area contributed by atoms with Gasteiger partial charge < -0.3 is 15.2 Å². The third-order valence-electron chi connectivity index (χ3n) is 2.62. The summed E-state index contributed by atoms with van der Waals surface area (Å²) < 4.78 is 5.37. The van der Waals surface area contributed by atoms with E-state index in [0.29, 0.717) is 17.8 Å². The maximum absolute atomic E-state index is 9.20. The molecule has 3 heteroatoms. The molecule has 0 aliphatic carbocycles. The first-order valence-corrected chi connectivity index (χ1v) is 6.23. The molecule has 0 aliphatic rings. The molecule has 2 atom stereocenters. The smallest absolute Gasteiger partial charge is 0.115 e. The number of rotatable bonds is 7. The highest BCUT2D eigenvalue weighted by Gasteiger charge is 2.08. The zero-order valence-electron chi connectivity index (χ0n) is 10.9. The van der Waals surface area contributed by atoms with Gasteiger partial charge in [-0.05, 0) is 44.9 Å². The number of phenolic OH excluding ortho intramolecular Hbond substituents is 1. The third-order valence-corrected chi connectivity index (χ3v) is 2.62.